The Morgan fingerprint density at radius 2 is 1.66 bits per heavy atom. The highest BCUT2D eigenvalue weighted by atomic mass is 16.3. The number of aromatic hydroxyl groups is 1. The Morgan fingerprint density at radius 1 is 0.948 bits per heavy atom. The van der Waals surface area contributed by atoms with Crippen LogP contribution in [0.3, 0.4) is 0 Å². The van der Waals surface area contributed by atoms with Crippen LogP contribution < -0.4 is 32.7 Å². The second kappa shape index (κ2) is 21.2. The molecule has 7 amide bonds. The number of carbonyl (C=O) groups is 7. The summed E-state index contributed by atoms with van der Waals surface area (Å²) in [5.41, 5.74) is 12.3. The minimum absolute atomic E-state index is 0.00832. The molecule has 20 nitrogen and oxygen atoms in total. The van der Waals surface area contributed by atoms with Crippen molar-refractivity contribution in [2.75, 3.05) is 13.1 Å². The van der Waals surface area contributed by atoms with Gasteiger partial charge in [0.25, 0.3) is 5.91 Å². The van der Waals surface area contributed by atoms with Gasteiger partial charge >= 0.3 is 0 Å². The third kappa shape index (κ3) is 11.9. The number of nitrogens with zero attached hydrogens (tertiary/aromatic N) is 4. The molecule has 2 aromatic rings. The molecule has 4 rings (SSSR count). The van der Waals surface area contributed by atoms with Crippen molar-refractivity contribution in [1.29, 1.82) is 0 Å². The second-order valence-corrected chi connectivity index (χ2v) is 15.1. The fourth-order valence-corrected chi connectivity index (χ4v) is 7.50. The molecule has 0 spiro atoms. The van der Waals surface area contributed by atoms with Gasteiger partial charge in [-0.25, -0.2) is 0 Å². The van der Waals surface area contributed by atoms with Crippen molar-refractivity contribution in [3.8, 4) is 5.75 Å². The van der Waals surface area contributed by atoms with Gasteiger partial charge in [0.05, 0.1) is 12.3 Å². The molecule has 318 valence electrons. The smallest absolute Gasteiger partial charge is 0.273 e. The number of hydrogen-bond acceptors (Lipinski definition) is 12. The first-order valence-corrected chi connectivity index (χ1v) is 19.8. The summed E-state index contributed by atoms with van der Waals surface area (Å²) in [4.78, 5) is 95.5. The molecule has 2 saturated heterocycles. The van der Waals surface area contributed by atoms with Gasteiger partial charge in [-0.3, -0.25) is 33.6 Å². The number of carbonyl (C=O) groups excluding carboxylic acids is 7. The molecule has 0 saturated carbocycles. The van der Waals surface area contributed by atoms with Gasteiger partial charge in [0, 0.05) is 25.0 Å². The number of hydrogen-bond donors (Lipinski definition) is 9. The highest BCUT2D eigenvalue weighted by Crippen LogP contribution is 2.33. The molecular weight excluding hydrogens is 754 g/mol. The number of nitrogens with two attached hydrogens (primary N) is 2. The molecule has 20 heteroatoms. The van der Waals surface area contributed by atoms with Crippen LogP contribution in [-0.2, 0) is 35.2 Å². The number of rotatable bonds is 22. The van der Waals surface area contributed by atoms with Crippen molar-refractivity contribution >= 4 is 41.4 Å². The number of H-pyrrole nitrogens is 1. The van der Waals surface area contributed by atoms with Gasteiger partial charge in [0.1, 0.15) is 36.0 Å². The SMILES string of the molecule is CC1C[C@H](NC(=O)[C@@H](NC(=O)CCc2ccc(O)cc2)[C@H](C)O)C(=O)N1[C@H]1CC(C)N([C@@H](CCCCN)C(=O)NC(CCCCNC(=O)c2cn[nH]n2)C(N)=O)C1=O. The first kappa shape index (κ1) is 45.1. The summed E-state index contributed by atoms with van der Waals surface area (Å²) >= 11 is 0. The molecule has 3 heterocycles. The lowest BCUT2D eigenvalue weighted by Gasteiger charge is -2.33. The van der Waals surface area contributed by atoms with Crippen LogP contribution in [0.2, 0.25) is 0 Å². The summed E-state index contributed by atoms with van der Waals surface area (Å²) in [6.07, 6.45) is 3.14. The number of benzene rings is 1. The minimum atomic E-state index is -1.35. The van der Waals surface area contributed by atoms with E-state index in [9.17, 15) is 43.8 Å². The van der Waals surface area contributed by atoms with Crippen LogP contribution in [-0.4, -0.2) is 138 Å². The molecule has 1 aromatic heterocycles. The topological polar surface area (TPSA) is 308 Å². The Balaban J connectivity index is 1.37. The maximum atomic E-state index is 14.2. The average Bonchev–Trinajstić information content (AvgIpc) is 3.89. The summed E-state index contributed by atoms with van der Waals surface area (Å²) in [5, 5.41) is 40.2. The maximum absolute atomic E-state index is 14.2. The van der Waals surface area contributed by atoms with Crippen LogP contribution in [0, 0.1) is 0 Å². The molecule has 0 aliphatic carbocycles. The van der Waals surface area contributed by atoms with Crippen LogP contribution in [0.1, 0.15) is 94.6 Å². The van der Waals surface area contributed by atoms with Crippen molar-refractivity contribution in [3.05, 3.63) is 41.7 Å². The minimum Gasteiger partial charge on any atom is -0.508 e. The number of amides is 7. The average molecular weight is 812 g/mol. The maximum Gasteiger partial charge on any atom is 0.273 e. The van der Waals surface area contributed by atoms with Gasteiger partial charge in [-0.15, -0.1) is 0 Å². The van der Waals surface area contributed by atoms with Gasteiger partial charge in [0.15, 0.2) is 5.69 Å². The fourth-order valence-electron chi connectivity index (χ4n) is 7.50. The van der Waals surface area contributed by atoms with Crippen LogP contribution >= 0.6 is 0 Å². The molecule has 58 heavy (non-hydrogen) atoms. The van der Waals surface area contributed by atoms with Crippen LogP contribution in [0.5, 0.6) is 5.75 Å². The lowest BCUT2D eigenvalue weighted by molar-refractivity contribution is -0.146. The van der Waals surface area contributed by atoms with E-state index in [-0.39, 0.29) is 50.1 Å². The second-order valence-electron chi connectivity index (χ2n) is 15.1. The standard InChI is InChI=1S/C38H57N11O9/c1-21-18-27(44-36(56)32(23(3)50)45-31(52)15-12-24-10-13-25(51)14-11-24)37(57)49(21)30-19-22(2)48(38(30)58)29(9-4-6-16-39)35(55)43-26(33(40)53)8-5-7-17-41-34(54)28-20-42-47-46-28/h10-11,13-14,20-23,26-27,29-30,32,50-51H,4-9,12,15-19,39H2,1-3H3,(H2,40,53)(H,41,54)(H,43,55)(H,44,56)(H,45,52)(H,42,46,47)/t21?,22?,23-,26?,27-,29-,30-,32-/m0/s1. The summed E-state index contributed by atoms with van der Waals surface area (Å²) in [6, 6.07) is 0.0314. The number of aromatic amines is 1. The van der Waals surface area contributed by atoms with E-state index in [1.54, 1.807) is 26.0 Å². The summed E-state index contributed by atoms with van der Waals surface area (Å²) < 4.78 is 0. The van der Waals surface area contributed by atoms with Gasteiger partial charge in [-0.2, -0.15) is 15.4 Å². The Morgan fingerprint density at radius 3 is 2.29 bits per heavy atom. The van der Waals surface area contributed by atoms with Crippen molar-refractivity contribution in [1.82, 2.24) is 46.5 Å². The van der Waals surface area contributed by atoms with Crippen molar-refractivity contribution < 1.29 is 43.8 Å². The molecule has 8 atom stereocenters. The van der Waals surface area contributed by atoms with E-state index >= 15 is 0 Å². The molecule has 2 aliphatic heterocycles. The molecule has 0 bridgehead atoms. The van der Waals surface area contributed by atoms with E-state index in [2.05, 4.69) is 36.7 Å². The Hall–Kier alpha value is -5.63. The van der Waals surface area contributed by atoms with Crippen LogP contribution in [0.4, 0.5) is 0 Å². The van der Waals surface area contributed by atoms with Gasteiger partial charge < -0.3 is 52.7 Å². The van der Waals surface area contributed by atoms with Gasteiger partial charge in [-0.05, 0) is 103 Å². The van der Waals surface area contributed by atoms with Crippen LogP contribution in [0.15, 0.2) is 30.5 Å². The number of phenolic OH excluding ortho intramolecular Hbond substituents is 1. The molecule has 0 radical (unpaired) electrons. The van der Waals surface area contributed by atoms with E-state index in [1.807, 2.05) is 0 Å². The van der Waals surface area contributed by atoms with E-state index in [0.717, 1.165) is 5.56 Å². The number of phenols is 1. The third-order valence-electron chi connectivity index (χ3n) is 10.6. The predicted octanol–water partition coefficient (Wildman–Crippen LogP) is -1.53. The van der Waals surface area contributed by atoms with Gasteiger partial charge in [-0.1, -0.05) is 12.1 Å². The number of primary amides is 1. The zero-order valence-electron chi connectivity index (χ0n) is 33.2. The number of aryl methyl sites for hydroxylation is 1. The fraction of sp³-hybridized carbons (Fsp3) is 0.605. The molecular formula is C38H57N11O9. The van der Waals surface area contributed by atoms with E-state index in [4.69, 9.17) is 11.5 Å². The number of aliphatic hydroxyl groups excluding tert-OH is 1. The molecule has 2 aliphatic rings. The monoisotopic (exact) mass is 811 g/mol. The first-order chi connectivity index (χ1) is 27.6. The number of unbranched alkanes of at least 4 members (excludes halogenated alkanes) is 2. The first-order valence-electron chi connectivity index (χ1n) is 19.8. The Labute approximate surface area is 336 Å². The Bertz CT molecular complexity index is 1740. The Kier molecular flexibility index (Phi) is 16.5. The van der Waals surface area contributed by atoms with Crippen molar-refractivity contribution in [2.45, 2.75) is 133 Å². The summed E-state index contributed by atoms with van der Waals surface area (Å²) in [6.45, 7) is 5.53. The summed E-state index contributed by atoms with van der Waals surface area (Å²) in [7, 11) is 0. The van der Waals surface area contributed by atoms with E-state index in [1.165, 1.54) is 35.1 Å². The number of aliphatic hydroxyl groups is 1. The lowest BCUT2D eigenvalue weighted by Crippen LogP contribution is -2.57. The highest BCUT2D eigenvalue weighted by Gasteiger charge is 2.51. The summed E-state index contributed by atoms with van der Waals surface area (Å²) in [5.74, 6) is -3.85. The van der Waals surface area contributed by atoms with Gasteiger partial charge in [0.2, 0.25) is 35.4 Å². The quantitative estimate of drug-likeness (QED) is 0.0612. The predicted molar refractivity (Wildman–Crippen MR) is 208 cm³/mol. The normalized spacial score (nSPS) is 21.3. The molecule has 11 N–H and O–H groups in total. The van der Waals surface area contributed by atoms with E-state index < -0.39 is 89.7 Å². The third-order valence-corrected chi connectivity index (χ3v) is 10.6. The number of aromatic nitrogens is 3. The lowest BCUT2D eigenvalue weighted by atomic mass is 10.0. The largest absolute Gasteiger partial charge is 0.508 e. The van der Waals surface area contributed by atoms with Crippen molar-refractivity contribution in [3.63, 3.8) is 0 Å². The number of likely N-dealkylation sites (tertiary alicyclic amines) is 2. The highest BCUT2D eigenvalue weighted by molar-refractivity contribution is 5.98. The molecule has 3 unspecified atom stereocenters. The zero-order valence-corrected chi connectivity index (χ0v) is 33.2. The zero-order chi connectivity index (χ0) is 42.5. The molecule has 2 fully saturated rings. The van der Waals surface area contributed by atoms with E-state index in [0.29, 0.717) is 38.6 Å². The molecule has 1 aromatic carbocycles. The van der Waals surface area contributed by atoms with Crippen LogP contribution in [0.25, 0.3) is 0 Å². The van der Waals surface area contributed by atoms with Crippen molar-refractivity contribution in [2.24, 2.45) is 11.5 Å². The number of nitrogens with one attached hydrogen (secondary N) is 5.